The number of unbranched alkanes of at least 4 members (excludes halogenated alkanes) is 1. The van der Waals surface area contributed by atoms with E-state index in [0.717, 1.165) is 63.0 Å². The zero-order chi connectivity index (χ0) is 27.3. The molecule has 2 aliphatic heterocycles. The molecule has 2 aliphatic rings. The van der Waals surface area contributed by atoms with Gasteiger partial charge in [0, 0.05) is 31.7 Å². The van der Waals surface area contributed by atoms with Crippen molar-refractivity contribution in [3.05, 3.63) is 31.9 Å². The van der Waals surface area contributed by atoms with E-state index in [-0.39, 0.29) is 17.0 Å². The lowest BCUT2D eigenvalue weighted by Crippen LogP contribution is -2.43. The van der Waals surface area contributed by atoms with Crippen LogP contribution in [0.1, 0.15) is 89.8 Å². The number of nitrogens with zero attached hydrogens (tertiary/aromatic N) is 4. The minimum atomic E-state index is -0.242. The summed E-state index contributed by atoms with van der Waals surface area (Å²) < 4.78 is 2.36. The molecular weight excluding hydrogens is 500 g/mol. The van der Waals surface area contributed by atoms with Crippen molar-refractivity contribution in [2.75, 3.05) is 24.5 Å². The monoisotopic (exact) mass is 542 g/mol. The third kappa shape index (κ3) is 6.49. The number of aromatic nitrogens is 1. The lowest BCUT2D eigenvalue weighted by Gasteiger charge is -2.39. The number of hydrogen-bond donors (Lipinski definition) is 0. The Bertz CT molecular complexity index is 1140. The predicted octanol–water partition coefficient (Wildman–Crippen LogP) is 6.34. The van der Waals surface area contributed by atoms with Gasteiger partial charge in [0.2, 0.25) is 0 Å². The molecule has 0 N–H and O–H groups in total. The van der Waals surface area contributed by atoms with Crippen LogP contribution < -0.4 is 10.5 Å². The van der Waals surface area contributed by atoms with Crippen LogP contribution in [0.15, 0.2) is 9.70 Å². The van der Waals surface area contributed by atoms with Gasteiger partial charge in [-0.1, -0.05) is 77.9 Å². The number of piperidine rings is 1. The molecule has 0 saturated carbocycles. The fourth-order valence-electron chi connectivity index (χ4n) is 5.72. The summed E-state index contributed by atoms with van der Waals surface area (Å²) in [6.07, 6.45) is 8.20. The summed E-state index contributed by atoms with van der Waals surface area (Å²) in [5.74, 6) is 2.17. The zero-order valence-corrected chi connectivity index (χ0v) is 24.9. The lowest BCUT2D eigenvalue weighted by molar-refractivity contribution is -0.122. The number of anilines is 1. The number of thioether (sulfide) groups is 1. The van der Waals surface area contributed by atoms with Gasteiger partial charge in [-0.3, -0.25) is 19.1 Å². The predicted molar refractivity (Wildman–Crippen MR) is 159 cm³/mol. The highest BCUT2D eigenvalue weighted by molar-refractivity contribution is 8.26. The highest BCUT2D eigenvalue weighted by Gasteiger charge is 2.35. The fourth-order valence-corrected chi connectivity index (χ4v) is 6.97. The van der Waals surface area contributed by atoms with Crippen molar-refractivity contribution >= 4 is 46.1 Å². The first kappa shape index (κ1) is 29.4. The van der Waals surface area contributed by atoms with E-state index in [9.17, 15) is 14.9 Å². The standard InChI is InChI=1S/C29H42N4O2S2/c1-7-10-11-22(9-3)18-33-28(35)25(37-29(33)36)14-23-21(6)24(15-30)27(34)32(12-8-2)26(23)31-16-19(4)13-20(5)17-31/h14,19-20,22H,7-13,16-18H2,1-6H3/b25-14-. The van der Waals surface area contributed by atoms with E-state index in [1.54, 1.807) is 9.47 Å². The molecule has 1 aromatic heterocycles. The van der Waals surface area contributed by atoms with Gasteiger partial charge in [-0.2, -0.15) is 5.26 Å². The molecule has 3 rings (SSSR count). The SMILES string of the molecule is CCCCC(CC)CN1C(=O)/C(=C/c2c(C)c(C#N)c(=O)n(CCC)c2N2CC(C)CC(C)C2)SC1=S. The van der Waals surface area contributed by atoms with Crippen LogP contribution in [-0.2, 0) is 11.3 Å². The molecule has 0 aliphatic carbocycles. The van der Waals surface area contributed by atoms with E-state index in [4.69, 9.17) is 12.2 Å². The molecule has 37 heavy (non-hydrogen) atoms. The van der Waals surface area contributed by atoms with Crippen molar-refractivity contribution in [3.8, 4) is 6.07 Å². The first-order valence-corrected chi connectivity index (χ1v) is 15.1. The van der Waals surface area contributed by atoms with E-state index in [2.05, 4.69) is 38.7 Å². The minimum absolute atomic E-state index is 0.0672. The van der Waals surface area contributed by atoms with E-state index < -0.39 is 0 Å². The molecule has 1 amide bonds. The molecule has 6 nitrogen and oxygen atoms in total. The number of hydrogen-bond acceptors (Lipinski definition) is 6. The van der Waals surface area contributed by atoms with Gasteiger partial charge in [0.15, 0.2) is 0 Å². The number of thiocarbonyl (C=S) groups is 1. The van der Waals surface area contributed by atoms with Gasteiger partial charge in [0.1, 0.15) is 21.8 Å². The largest absolute Gasteiger partial charge is 0.357 e. The lowest BCUT2D eigenvalue weighted by atomic mass is 9.91. The molecule has 0 bridgehead atoms. The molecule has 1 aromatic rings. The first-order chi connectivity index (χ1) is 17.7. The second kappa shape index (κ2) is 13.1. The third-order valence-electron chi connectivity index (χ3n) is 7.60. The second-order valence-corrected chi connectivity index (χ2v) is 12.5. The van der Waals surface area contributed by atoms with Crippen molar-refractivity contribution in [1.82, 2.24) is 9.47 Å². The Kier molecular flexibility index (Phi) is 10.4. The van der Waals surface area contributed by atoms with E-state index in [1.165, 1.54) is 11.8 Å². The van der Waals surface area contributed by atoms with Crippen LogP contribution in [0.3, 0.4) is 0 Å². The van der Waals surface area contributed by atoms with Gasteiger partial charge in [-0.15, -0.1) is 0 Å². The molecular formula is C29H42N4O2S2. The second-order valence-electron chi connectivity index (χ2n) is 10.9. The number of nitriles is 1. The van der Waals surface area contributed by atoms with Crippen LogP contribution in [0, 0.1) is 36.0 Å². The number of amides is 1. The van der Waals surface area contributed by atoms with Gasteiger partial charge >= 0.3 is 0 Å². The molecule has 3 heterocycles. The molecule has 0 radical (unpaired) electrons. The zero-order valence-electron chi connectivity index (χ0n) is 23.3. The van der Waals surface area contributed by atoms with Gasteiger partial charge in [-0.05, 0) is 55.6 Å². The average molecular weight is 543 g/mol. The van der Waals surface area contributed by atoms with Crippen molar-refractivity contribution in [3.63, 3.8) is 0 Å². The highest BCUT2D eigenvalue weighted by Crippen LogP contribution is 2.38. The van der Waals surface area contributed by atoms with Crippen LogP contribution in [0.2, 0.25) is 0 Å². The minimum Gasteiger partial charge on any atom is -0.357 e. The summed E-state index contributed by atoms with van der Waals surface area (Å²) in [5.41, 5.74) is 1.35. The van der Waals surface area contributed by atoms with Crippen molar-refractivity contribution < 1.29 is 4.79 Å². The first-order valence-electron chi connectivity index (χ1n) is 13.8. The molecule has 8 heteroatoms. The summed E-state index contributed by atoms with van der Waals surface area (Å²) >= 11 is 6.99. The topological polar surface area (TPSA) is 69.3 Å². The van der Waals surface area contributed by atoms with Crippen LogP contribution >= 0.6 is 24.0 Å². The van der Waals surface area contributed by atoms with Crippen LogP contribution in [-0.4, -0.2) is 39.3 Å². The van der Waals surface area contributed by atoms with Gasteiger partial charge in [0.05, 0.1) is 4.91 Å². The van der Waals surface area contributed by atoms with Crippen LogP contribution in [0.5, 0.6) is 0 Å². The fraction of sp³-hybridized carbons (Fsp3) is 0.655. The van der Waals surface area contributed by atoms with E-state index in [0.29, 0.717) is 45.6 Å². The maximum Gasteiger partial charge on any atom is 0.270 e. The molecule has 3 unspecified atom stereocenters. The van der Waals surface area contributed by atoms with Gasteiger partial charge in [0.25, 0.3) is 11.5 Å². The molecule has 3 atom stereocenters. The Balaban J connectivity index is 2.12. The molecule has 2 fully saturated rings. The Morgan fingerprint density at radius 2 is 1.84 bits per heavy atom. The summed E-state index contributed by atoms with van der Waals surface area (Å²) in [7, 11) is 0. The summed E-state index contributed by atoms with van der Waals surface area (Å²) in [6.45, 7) is 15.6. The maximum atomic E-state index is 13.6. The molecule has 202 valence electrons. The molecule has 2 saturated heterocycles. The summed E-state index contributed by atoms with van der Waals surface area (Å²) in [5, 5.41) is 9.90. The number of carbonyl (C=O) groups is 1. The third-order valence-corrected chi connectivity index (χ3v) is 8.97. The Labute approximate surface area is 232 Å². The van der Waals surface area contributed by atoms with Crippen LogP contribution in [0.4, 0.5) is 5.82 Å². The quantitative estimate of drug-likeness (QED) is 0.254. The number of pyridine rings is 1. The highest BCUT2D eigenvalue weighted by atomic mass is 32.2. The van der Waals surface area contributed by atoms with E-state index >= 15 is 0 Å². The summed E-state index contributed by atoms with van der Waals surface area (Å²) in [4.78, 5) is 31.6. The molecule has 0 aromatic carbocycles. The van der Waals surface area contributed by atoms with E-state index in [1.807, 2.05) is 19.9 Å². The normalized spacial score (nSPS) is 22.1. The van der Waals surface area contributed by atoms with Crippen molar-refractivity contribution in [2.24, 2.45) is 17.8 Å². The Hall–Kier alpha value is -2.11. The average Bonchev–Trinajstić information content (AvgIpc) is 3.11. The van der Waals surface area contributed by atoms with Gasteiger partial charge < -0.3 is 4.90 Å². The Morgan fingerprint density at radius 1 is 1.16 bits per heavy atom. The number of rotatable bonds is 10. The number of carbonyl (C=O) groups excluding carboxylic acids is 1. The van der Waals surface area contributed by atoms with Crippen molar-refractivity contribution in [1.29, 1.82) is 5.26 Å². The van der Waals surface area contributed by atoms with Crippen LogP contribution in [0.25, 0.3) is 6.08 Å². The maximum absolute atomic E-state index is 13.6. The smallest absolute Gasteiger partial charge is 0.270 e. The Morgan fingerprint density at radius 3 is 2.41 bits per heavy atom. The van der Waals surface area contributed by atoms with Crippen molar-refractivity contribution in [2.45, 2.75) is 86.6 Å². The molecule has 0 spiro atoms. The summed E-state index contributed by atoms with van der Waals surface area (Å²) in [6, 6.07) is 2.15. The van der Waals surface area contributed by atoms with Gasteiger partial charge in [-0.25, -0.2) is 0 Å².